The number of hydrogen-bond acceptors (Lipinski definition) is 4. The minimum atomic E-state index is -0.811. The van der Waals surface area contributed by atoms with Crippen LogP contribution in [0, 0.1) is 0 Å². The smallest absolute Gasteiger partial charge is 0.403 e. The van der Waals surface area contributed by atoms with Gasteiger partial charge in [-0.1, -0.05) is 0 Å². The quantitative estimate of drug-likeness (QED) is 0.404. The number of rotatable bonds is 6. The molecule has 5 nitrogen and oxygen atoms in total. The second-order valence-corrected chi connectivity index (χ2v) is 3.62. The molecule has 1 heterocycles. The lowest BCUT2D eigenvalue weighted by molar-refractivity contribution is -0.136. The second kappa shape index (κ2) is 6.27. The molecule has 88 valence electrons. The predicted molar refractivity (Wildman–Crippen MR) is 56.9 cm³/mol. The average molecular weight is 246 g/mol. The highest BCUT2D eigenvalue weighted by Gasteiger charge is 2.21. The minimum absolute atomic E-state index is 0.266. The fraction of sp³-hybridized carbons (Fsp3) is 0.500. The highest BCUT2D eigenvalue weighted by molar-refractivity contribution is 6.61. The maximum Gasteiger partial charge on any atom is 0.403 e. The zero-order chi connectivity index (χ0) is 12.0. The van der Waals surface area contributed by atoms with E-state index < -0.39 is 5.43 Å². The van der Waals surface area contributed by atoms with Gasteiger partial charge in [0.1, 0.15) is 0 Å². The van der Waals surface area contributed by atoms with Gasteiger partial charge in [0.15, 0.2) is 0 Å². The van der Waals surface area contributed by atoms with Crippen LogP contribution in [-0.2, 0) is 14.3 Å². The van der Waals surface area contributed by atoms with Gasteiger partial charge in [0, 0.05) is 30.3 Å². The first-order valence-electron chi connectivity index (χ1n) is 4.97. The predicted octanol–water partition coefficient (Wildman–Crippen LogP) is 1.46. The van der Waals surface area contributed by atoms with Crippen molar-refractivity contribution in [1.29, 1.82) is 0 Å². The number of carbonyl (C=O) groups is 3. The molecule has 0 saturated heterocycles. The molecule has 0 radical (unpaired) electrons. The molecule has 0 N–H and O–H groups in total. The number of ether oxygens (including phenoxy) is 1. The number of amides is 2. The van der Waals surface area contributed by atoms with Crippen LogP contribution in [0.2, 0.25) is 0 Å². The molecule has 0 unspecified atom stereocenters. The van der Waals surface area contributed by atoms with Crippen LogP contribution < -0.4 is 0 Å². The summed E-state index contributed by atoms with van der Waals surface area (Å²) >= 11 is 4.97. The summed E-state index contributed by atoms with van der Waals surface area (Å²) in [7, 11) is 0. The molecule has 2 amide bonds. The third-order valence-corrected chi connectivity index (χ3v) is 2.25. The van der Waals surface area contributed by atoms with E-state index in [4.69, 9.17) is 11.6 Å². The van der Waals surface area contributed by atoms with E-state index in [1.165, 1.54) is 17.1 Å². The zero-order valence-corrected chi connectivity index (χ0v) is 9.40. The standard InChI is InChI=1S/C10H12ClNO4/c11-10(15)16-7-3-1-2-6-12-8(13)4-5-9(12)14/h4-5H,1-3,6-7H2. The van der Waals surface area contributed by atoms with E-state index in [-0.39, 0.29) is 18.4 Å². The highest BCUT2D eigenvalue weighted by Crippen LogP contribution is 2.06. The lowest BCUT2D eigenvalue weighted by Gasteiger charge is -2.12. The van der Waals surface area contributed by atoms with E-state index in [1.807, 2.05) is 0 Å². The third-order valence-electron chi connectivity index (χ3n) is 2.14. The first kappa shape index (κ1) is 12.7. The molecule has 0 aromatic carbocycles. The van der Waals surface area contributed by atoms with E-state index in [2.05, 4.69) is 4.74 Å². The van der Waals surface area contributed by atoms with Crippen molar-refractivity contribution in [2.45, 2.75) is 19.3 Å². The normalized spacial score (nSPS) is 14.7. The number of nitrogens with zero attached hydrogens (tertiary/aromatic N) is 1. The average Bonchev–Trinajstić information content (AvgIpc) is 2.53. The van der Waals surface area contributed by atoms with E-state index in [0.29, 0.717) is 19.4 Å². The third kappa shape index (κ3) is 4.02. The Hall–Kier alpha value is -1.36. The summed E-state index contributed by atoms with van der Waals surface area (Å²) in [5.74, 6) is -0.533. The molecule has 6 heteroatoms. The van der Waals surface area contributed by atoms with Crippen molar-refractivity contribution < 1.29 is 19.1 Å². The Bertz CT molecular complexity index is 309. The number of carbonyl (C=O) groups excluding carboxylic acids is 3. The minimum Gasteiger partial charge on any atom is -0.454 e. The van der Waals surface area contributed by atoms with Gasteiger partial charge in [0.2, 0.25) is 0 Å². The lowest BCUT2D eigenvalue weighted by atomic mass is 10.2. The van der Waals surface area contributed by atoms with Gasteiger partial charge in [-0.15, -0.1) is 0 Å². The van der Waals surface area contributed by atoms with Crippen molar-refractivity contribution in [2.24, 2.45) is 0 Å². The Morgan fingerprint density at radius 1 is 1.19 bits per heavy atom. The Morgan fingerprint density at radius 3 is 2.38 bits per heavy atom. The van der Waals surface area contributed by atoms with E-state index in [1.54, 1.807) is 0 Å². The van der Waals surface area contributed by atoms with Crippen LogP contribution in [0.1, 0.15) is 19.3 Å². The topological polar surface area (TPSA) is 63.7 Å². The van der Waals surface area contributed by atoms with E-state index in [9.17, 15) is 14.4 Å². The molecule has 0 saturated carbocycles. The summed E-state index contributed by atoms with van der Waals surface area (Å²) in [6, 6.07) is 0. The summed E-state index contributed by atoms with van der Waals surface area (Å²) in [6.07, 6.45) is 4.65. The molecule has 1 rings (SSSR count). The number of halogens is 1. The van der Waals surface area contributed by atoms with Gasteiger partial charge >= 0.3 is 5.43 Å². The van der Waals surface area contributed by atoms with Crippen LogP contribution in [0.3, 0.4) is 0 Å². The van der Waals surface area contributed by atoms with Crippen LogP contribution in [0.4, 0.5) is 4.79 Å². The Labute approximate surface area is 98.0 Å². The molecule has 0 atom stereocenters. The molecular weight excluding hydrogens is 234 g/mol. The molecule has 1 aliphatic rings. The zero-order valence-electron chi connectivity index (χ0n) is 8.65. The van der Waals surface area contributed by atoms with Crippen LogP contribution in [0.15, 0.2) is 12.2 Å². The van der Waals surface area contributed by atoms with Gasteiger partial charge in [-0.05, 0) is 19.3 Å². The summed E-state index contributed by atoms with van der Waals surface area (Å²) in [5, 5.41) is 0. The first-order valence-corrected chi connectivity index (χ1v) is 5.35. The summed E-state index contributed by atoms with van der Waals surface area (Å²) < 4.78 is 4.52. The van der Waals surface area contributed by atoms with Crippen LogP contribution in [0.5, 0.6) is 0 Å². The monoisotopic (exact) mass is 245 g/mol. The molecule has 1 aliphatic heterocycles. The van der Waals surface area contributed by atoms with Crippen molar-refractivity contribution >= 4 is 28.8 Å². The molecule has 16 heavy (non-hydrogen) atoms. The maximum absolute atomic E-state index is 11.1. The van der Waals surface area contributed by atoms with Crippen LogP contribution in [-0.4, -0.2) is 35.3 Å². The maximum atomic E-state index is 11.1. The Morgan fingerprint density at radius 2 is 1.81 bits per heavy atom. The molecule has 0 spiro atoms. The summed E-state index contributed by atoms with van der Waals surface area (Å²) in [4.78, 5) is 33.6. The first-order chi connectivity index (χ1) is 7.61. The largest absolute Gasteiger partial charge is 0.454 e. The summed E-state index contributed by atoms with van der Waals surface area (Å²) in [6.45, 7) is 0.669. The Balaban J connectivity index is 2.05. The number of hydrogen-bond donors (Lipinski definition) is 0. The van der Waals surface area contributed by atoms with Gasteiger partial charge in [-0.2, -0.15) is 0 Å². The van der Waals surface area contributed by atoms with Gasteiger partial charge in [-0.3, -0.25) is 14.5 Å². The van der Waals surface area contributed by atoms with Crippen molar-refractivity contribution in [3.63, 3.8) is 0 Å². The lowest BCUT2D eigenvalue weighted by Crippen LogP contribution is -2.30. The number of imide groups is 1. The van der Waals surface area contributed by atoms with Crippen molar-refractivity contribution in [1.82, 2.24) is 4.90 Å². The molecule has 0 aromatic rings. The molecule has 0 bridgehead atoms. The fourth-order valence-corrected chi connectivity index (χ4v) is 1.43. The van der Waals surface area contributed by atoms with Crippen molar-refractivity contribution in [2.75, 3.05) is 13.2 Å². The van der Waals surface area contributed by atoms with E-state index in [0.717, 1.165) is 6.42 Å². The van der Waals surface area contributed by atoms with Gasteiger partial charge in [0.05, 0.1) is 6.61 Å². The van der Waals surface area contributed by atoms with Gasteiger partial charge in [0.25, 0.3) is 11.8 Å². The van der Waals surface area contributed by atoms with Gasteiger partial charge in [-0.25, -0.2) is 4.79 Å². The molecule has 0 aliphatic carbocycles. The molecular formula is C10H12ClNO4. The van der Waals surface area contributed by atoms with Crippen LogP contribution in [0.25, 0.3) is 0 Å². The van der Waals surface area contributed by atoms with Crippen LogP contribution >= 0.6 is 11.6 Å². The Kier molecular flexibility index (Phi) is 4.98. The fourth-order valence-electron chi connectivity index (χ4n) is 1.35. The number of unbranched alkanes of at least 4 members (excludes halogenated alkanes) is 2. The molecule has 0 fully saturated rings. The highest BCUT2D eigenvalue weighted by atomic mass is 35.5. The van der Waals surface area contributed by atoms with E-state index >= 15 is 0 Å². The summed E-state index contributed by atoms with van der Waals surface area (Å²) in [5.41, 5.74) is -0.811. The van der Waals surface area contributed by atoms with Crippen molar-refractivity contribution in [3.8, 4) is 0 Å². The van der Waals surface area contributed by atoms with Gasteiger partial charge < -0.3 is 4.74 Å². The van der Waals surface area contributed by atoms with Crippen molar-refractivity contribution in [3.05, 3.63) is 12.2 Å². The second-order valence-electron chi connectivity index (χ2n) is 3.31. The molecule has 0 aromatic heterocycles. The SMILES string of the molecule is O=C(Cl)OCCCCCN1C(=O)C=CC1=O.